The van der Waals surface area contributed by atoms with E-state index in [2.05, 4.69) is 19.2 Å². The van der Waals surface area contributed by atoms with Gasteiger partial charge in [-0.1, -0.05) is 50.3 Å². The molecule has 0 saturated carbocycles. The lowest BCUT2D eigenvalue weighted by atomic mass is 9.93. The standard InChI is InChI=1S/C18H29NO2/c1-5-7-8-9-14-18(4,17(20)21-6-2)19-16-12-10-15(3)11-13-16/h10-13,19H,5-9,14H2,1-4H3. The van der Waals surface area contributed by atoms with Crippen LogP contribution in [0.2, 0.25) is 0 Å². The summed E-state index contributed by atoms with van der Waals surface area (Å²) in [7, 11) is 0. The summed E-state index contributed by atoms with van der Waals surface area (Å²) in [5.41, 5.74) is 1.52. The molecule has 0 amide bonds. The lowest BCUT2D eigenvalue weighted by molar-refractivity contribution is -0.148. The molecule has 0 aliphatic heterocycles. The van der Waals surface area contributed by atoms with E-state index in [4.69, 9.17) is 4.74 Å². The van der Waals surface area contributed by atoms with Crippen LogP contribution in [0.15, 0.2) is 24.3 Å². The molecular formula is C18H29NO2. The predicted octanol–water partition coefficient (Wildman–Crippen LogP) is 4.70. The van der Waals surface area contributed by atoms with E-state index in [1.54, 1.807) is 0 Å². The van der Waals surface area contributed by atoms with Crippen molar-refractivity contribution >= 4 is 11.7 Å². The van der Waals surface area contributed by atoms with Crippen LogP contribution in [0.1, 0.15) is 58.4 Å². The summed E-state index contributed by atoms with van der Waals surface area (Å²) in [6.45, 7) is 8.45. The molecule has 3 heteroatoms. The second-order valence-electron chi connectivity index (χ2n) is 5.85. The molecule has 1 aromatic carbocycles. The van der Waals surface area contributed by atoms with Crippen molar-refractivity contribution in [3.05, 3.63) is 29.8 Å². The molecule has 1 rings (SSSR count). The second kappa shape index (κ2) is 8.71. The Bertz CT molecular complexity index is 427. The third-order valence-electron chi connectivity index (χ3n) is 3.73. The van der Waals surface area contributed by atoms with Gasteiger partial charge in [-0.15, -0.1) is 0 Å². The number of benzene rings is 1. The van der Waals surface area contributed by atoms with Gasteiger partial charge in [-0.3, -0.25) is 0 Å². The van der Waals surface area contributed by atoms with E-state index in [0.717, 1.165) is 24.9 Å². The van der Waals surface area contributed by atoms with Gasteiger partial charge in [0.25, 0.3) is 0 Å². The Morgan fingerprint density at radius 3 is 2.38 bits per heavy atom. The summed E-state index contributed by atoms with van der Waals surface area (Å²) in [6, 6.07) is 8.12. The SMILES string of the molecule is CCCCCCC(C)(Nc1ccc(C)cc1)C(=O)OCC. The monoisotopic (exact) mass is 291 g/mol. The topological polar surface area (TPSA) is 38.3 Å². The Morgan fingerprint density at radius 1 is 1.14 bits per heavy atom. The van der Waals surface area contributed by atoms with Crippen molar-refractivity contribution in [1.82, 2.24) is 0 Å². The molecule has 0 aliphatic rings. The third kappa shape index (κ3) is 5.78. The van der Waals surface area contributed by atoms with Gasteiger partial charge in [0.15, 0.2) is 0 Å². The highest BCUT2D eigenvalue weighted by Crippen LogP contribution is 2.23. The number of aryl methyl sites for hydroxylation is 1. The average molecular weight is 291 g/mol. The molecule has 0 aliphatic carbocycles. The average Bonchev–Trinajstić information content (AvgIpc) is 2.46. The largest absolute Gasteiger partial charge is 0.464 e. The van der Waals surface area contributed by atoms with E-state index in [1.165, 1.54) is 18.4 Å². The number of unbranched alkanes of at least 4 members (excludes halogenated alkanes) is 3. The van der Waals surface area contributed by atoms with Crippen molar-refractivity contribution in [3.8, 4) is 0 Å². The number of esters is 1. The number of rotatable bonds is 9. The van der Waals surface area contributed by atoms with Crippen LogP contribution in [-0.2, 0) is 9.53 Å². The number of carbonyl (C=O) groups excluding carboxylic acids is 1. The van der Waals surface area contributed by atoms with Crippen LogP contribution >= 0.6 is 0 Å². The molecule has 118 valence electrons. The van der Waals surface area contributed by atoms with Crippen molar-refractivity contribution in [1.29, 1.82) is 0 Å². The first-order valence-electron chi connectivity index (χ1n) is 8.04. The van der Waals surface area contributed by atoms with E-state index < -0.39 is 5.54 Å². The Kier molecular flexibility index (Phi) is 7.27. The maximum absolute atomic E-state index is 12.3. The van der Waals surface area contributed by atoms with Crippen molar-refractivity contribution in [2.45, 2.75) is 65.3 Å². The highest BCUT2D eigenvalue weighted by Gasteiger charge is 2.34. The van der Waals surface area contributed by atoms with Gasteiger partial charge in [-0.05, 0) is 39.3 Å². The summed E-state index contributed by atoms with van der Waals surface area (Å²) in [5, 5.41) is 3.37. The fraction of sp³-hybridized carbons (Fsp3) is 0.611. The number of ether oxygens (including phenoxy) is 1. The number of carbonyl (C=O) groups is 1. The molecular weight excluding hydrogens is 262 g/mol. The zero-order chi connectivity index (χ0) is 15.7. The number of nitrogens with one attached hydrogen (secondary N) is 1. The molecule has 0 radical (unpaired) electrons. The predicted molar refractivity (Wildman–Crippen MR) is 88.6 cm³/mol. The van der Waals surface area contributed by atoms with E-state index >= 15 is 0 Å². The Hall–Kier alpha value is -1.51. The Balaban J connectivity index is 2.74. The minimum Gasteiger partial charge on any atom is -0.464 e. The first kappa shape index (κ1) is 17.5. The molecule has 0 bridgehead atoms. The summed E-state index contributed by atoms with van der Waals surface area (Å²) < 4.78 is 5.26. The quantitative estimate of drug-likeness (QED) is 0.529. The van der Waals surface area contributed by atoms with Crippen LogP contribution in [0, 0.1) is 6.92 Å². The van der Waals surface area contributed by atoms with Gasteiger partial charge in [0.2, 0.25) is 0 Å². The van der Waals surface area contributed by atoms with E-state index in [1.807, 2.05) is 38.1 Å². The van der Waals surface area contributed by atoms with Gasteiger partial charge in [-0.2, -0.15) is 0 Å². The van der Waals surface area contributed by atoms with Gasteiger partial charge in [0.1, 0.15) is 5.54 Å². The maximum atomic E-state index is 12.3. The van der Waals surface area contributed by atoms with Gasteiger partial charge in [0.05, 0.1) is 6.61 Å². The number of hydrogen-bond acceptors (Lipinski definition) is 3. The lowest BCUT2D eigenvalue weighted by Crippen LogP contribution is -2.44. The van der Waals surface area contributed by atoms with E-state index in [-0.39, 0.29) is 5.97 Å². The number of anilines is 1. The molecule has 0 heterocycles. The first-order chi connectivity index (χ1) is 10.0. The first-order valence-corrected chi connectivity index (χ1v) is 8.04. The summed E-state index contributed by atoms with van der Waals surface area (Å²) >= 11 is 0. The van der Waals surface area contributed by atoms with Crippen molar-refractivity contribution in [2.75, 3.05) is 11.9 Å². The summed E-state index contributed by atoms with van der Waals surface area (Å²) in [4.78, 5) is 12.3. The van der Waals surface area contributed by atoms with Gasteiger partial charge in [0, 0.05) is 5.69 Å². The van der Waals surface area contributed by atoms with Crippen LogP contribution in [0.3, 0.4) is 0 Å². The van der Waals surface area contributed by atoms with E-state index in [0.29, 0.717) is 6.61 Å². The molecule has 1 atom stereocenters. The highest BCUT2D eigenvalue weighted by molar-refractivity contribution is 5.84. The smallest absolute Gasteiger partial charge is 0.331 e. The zero-order valence-corrected chi connectivity index (χ0v) is 13.9. The lowest BCUT2D eigenvalue weighted by Gasteiger charge is -2.29. The zero-order valence-electron chi connectivity index (χ0n) is 13.9. The second-order valence-corrected chi connectivity index (χ2v) is 5.85. The van der Waals surface area contributed by atoms with E-state index in [9.17, 15) is 4.79 Å². The Labute approximate surface area is 129 Å². The third-order valence-corrected chi connectivity index (χ3v) is 3.73. The molecule has 0 saturated heterocycles. The molecule has 1 N–H and O–H groups in total. The Morgan fingerprint density at radius 2 is 1.81 bits per heavy atom. The molecule has 1 aromatic rings. The van der Waals surface area contributed by atoms with Crippen molar-refractivity contribution in [3.63, 3.8) is 0 Å². The molecule has 1 unspecified atom stereocenters. The van der Waals surface area contributed by atoms with Gasteiger partial charge in [-0.25, -0.2) is 4.79 Å². The van der Waals surface area contributed by atoms with Gasteiger partial charge >= 0.3 is 5.97 Å². The number of hydrogen-bond donors (Lipinski definition) is 1. The van der Waals surface area contributed by atoms with Gasteiger partial charge < -0.3 is 10.1 Å². The molecule has 0 aromatic heterocycles. The van der Waals surface area contributed by atoms with Crippen LogP contribution < -0.4 is 5.32 Å². The molecule has 3 nitrogen and oxygen atoms in total. The van der Waals surface area contributed by atoms with Crippen molar-refractivity contribution < 1.29 is 9.53 Å². The minimum atomic E-state index is -0.654. The summed E-state index contributed by atoms with van der Waals surface area (Å²) in [6.07, 6.45) is 5.38. The molecule has 21 heavy (non-hydrogen) atoms. The molecule has 0 fully saturated rings. The van der Waals surface area contributed by atoms with Crippen LogP contribution in [0.4, 0.5) is 5.69 Å². The minimum absolute atomic E-state index is 0.165. The fourth-order valence-electron chi connectivity index (χ4n) is 2.37. The van der Waals surface area contributed by atoms with Crippen LogP contribution in [0.5, 0.6) is 0 Å². The highest BCUT2D eigenvalue weighted by atomic mass is 16.5. The normalized spacial score (nSPS) is 13.5. The van der Waals surface area contributed by atoms with Crippen molar-refractivity contribution in [2.24, 2.45) is 0 Å². The summed E-state index contributed by atoms with van der Waals surface area (Å²) in [5.74, 6) is -0.165. The van der Waals surface area contributed by atoms with Crippen LogP contribution in [-0.4, -0.2) is 18.1 Å². The maximum Gasteiger partial charge on any atom is 0.331 e. The fourth-order valence-corrected chi connectivity index (χ4v) is 2.37. The van der Waals surface area contributed by atoms with Crippen LogP contribution in [0.25, 0.3) is 0 Å². The molecule has 0 spiro atoms.